The number of phenolic OH excluding ortho intramolecular Hbond substituents is 1. The molecule has 0 fully saturated rings. The number of hydrogen-bond acceptors (Lipinski definition) is 6. The van der Waals surface area contributed by atoms with Crippen LogP contribution in [0.1, 0.15) is 43.0 Å². The number of halogens is 4. The van der Waals surface area contributed by atoms with Crippen molar-refractivity contribution in [1.29, 1.82) is 0 Å². The van der Waals surface area contributed by atoms with Gasteiger partial charge in [-0.1, -0.05) is 13.0 Å². The van der Waals surface area contributed by atoms with E-state index in [1.807, 2.05) is 6.07 Å². The number of benzene rings is 2. The molecule has 0 saturated carbocycles. The third-order valence-corrected chi connectivity index (χ3v) is 7.03. The number of nitrogens with zero attached hydrogens (tertiary/aromatic N) is 1. The Labute approximate surface area is 195 Å². The van der Waals surface area contributed by atoms with Crippen LogP contribution in [0.2, 0.25) is 0 Å². The molecule has 2 aromatic rings. The predicted molar refractivity (Wildman–Crippen MR) is 117 cm³/mol. The summed E-state index contributed by atoms with van der Waals surface area (Å²) < 4.78 is 84.9. The highest BCUT2D eigenvalue weighted by molar-refractivity contribution is 7.88. The molecule has 0 spiro atoms. The van der Waals surface area contributed by atoms with E-state index in [1.165, 1.54) is 13.0 Å². The molecule has 1 unspecified atom stereocenters. The van der Waals surface area contributed by atoms with Crippen LogP contribution in [0.4, 0.5) is 17.6 Å². The van der Waals surface area contributed by atoms with Crippen molar-refractivity contribution in [3.8, 4) is 28.4 Å². The average Bonchev–Trinajstić information content (AvgIpc) is 2.75. The van der Waals surface area contributed by atoms with Crippen LogP contribution in [0.3, 0.4) is 0 Å². The SMILES string of the molecule is CCCN1CCc2cc(OC[C@@H](C)F)cc3c2C1Cc1ccc(OS(=O)(=O)C(F)(F)F)c(O)c1-3. The molecule has 0 aromatic heterocycles. The lowest BCUT2D eigenvalue weighted by Gasteiger charge is -2.42. The third kappa shape index (κ3) is 4.43. The van der Waals surface area contributed by atoms with E-state index in [0.29, 0.717) is 29.7 Å². The van der Waals surface area contributed by atoms with Crippen molar-refractivity contribution in [3.05, 3.63) is 41.0 Å². The molecular formula is C23H25F4NO5S. The quantitative estimate of drug-likeness (QED) is 0.330. The van der Waals surface area contributed by atoms with Gasteiger partial charge < -0.3 is 14.0 Å². The minimum atomic E-state index is -5.97. The lowest BCUT2D eigenvalue weighted by Crippen LogP contribution is -2.39. The van der Waals surface area contributed by atoms with E-state index in [1.54, 1.807) is 6.07 Å². The molecule has 34 heavy (non-hydrogen) atoms. The Morgan fingerprint density at radius 2 is 1.97 bits per heavy atom. The Morgan fingerprint density at radius 3 is 2.62 bits per heavy atom. The summed E-state index contributed by atoms with van der Waals surface area (Å²) >= 11 is 0. The smallest absolute Gasteiger partial charge is 0.504 e. The number of hydrogen-bond donors (Lipinski definition) is 1. The summed E-state index contributed by atoms with van der Waals surface area (Å²) in [7, 11) is -5.97. The normalized spacial score (nSPS) is 18.7. The molecule has 0 radical (unpaired) electrons. The first-order valence-electron chi connectivity index (χ1n) is 11.0. The lowest BCUT2D eigenvalue weighted by atomic mass is 9.76. The molecule has 4 rings (SSSR count). The van der Waals surface area contributed by atoms with Gasteiger partial charge in [-0.3, -0.25) is 4.90 Å². The zero-order valence-electron chi connectivity index (χ0n) is 18.7. The minimum absolute atomic E-state index is 0.0228. The third-order valence-electron chi connectivity index (χ3n) is 6.06. The molecular weight excluding hydrogens is 478 g/mol. The van der Waals surface area contributed by atoms with Crippen molar-refractivity contribution in [2.45, 2.75) is 50.8 Å². The van der Waals surface area contributed by atoms with E-state index in [9.17, 15) is 31.1 Å². The average molecular weight is 504 g/mol. The van der Waals surface area contributed by atoms with Crippen LogP contribution in [0.25, 0.3) is 11.1 Å². The summed E-state index contributed by atoms with van der Waals surface area (Å²) in [6, 6.07) is 5.92. The van der Waals surface area contributed by atoms with Crippen LogP contribution in [-0.2, 0) is 23.0 Å². The number of aromatic hydroxyl groups is 1. The maximum atomic E-state index is 13.4. The molecule has 0 saturated heterocycles. The largest absolute Gasteiger partial charge is 0.534 e. The molecule has 1 heterocycles. The fraction of sp³-hybridized carbons (Fsp3) is 0.478. The molecule has 2 aliphatic rings. The standard InChI is InChI=1S/C23H25F4NO5S/c1-3-7-28-8-6-15-9-16(32-12-13(2)24)11-17-20(15)18(28)10-14-4-5-19(22(29)21(14)17)33-34(30,31)23(25,26)27/h4-5,9,11,13,18,29H,3,6-8,10,12H2,1-2H3/t13-,18?/m1/s1. The molecule has 1 aliphatic carbocycles. The van der Waals surface area contributed by atoms with Crippen molar-refractivity contribution in [1.82, 2.24) is 4.90 Å². The van der Waals surface area contributed by atoms with Crippen molar-refractivity contribution in [2.24, 2.45) is 0 Å². The van der Waals surface area contributed by atoms with Gasteiger partial charge in [-0.2, -0.15) is 21.6 Å². The van der Waals surface area contributed by atoms with Crippen LogP contribution >= 0.6 is 0 Å². The van der Waals surface area contributed by atoms with E-state index < -0.39 is 33.3 Å². The summed E-state index contributed by atoms with van der Waals surface area (Å²) in [4.78, 5) is 2.31. The molecule has 0 amide bonds. The van der Waals surface area contributed by atoms with E-state index in [2.05, 4.69) is 16.0 Å². The van der Waals surface area contributed by atoms with Gasteiger partial charge in [0.05, 0.1) is 0 Å². The summed E-state index contributed by atoms with van der Waals surface area (Å²) in [5.74, 6) is -1.15. The van der Waals surface area contributed by atoms with Crippen LogP contribution in [0, 0.1) is 0 Å². The van der Waals surface area contributed by atoms with E-state index in [4.69, 9.17) is 4.74 Å². The monoisotopic (exact) mass is 503 g/mol. The van der Waals surface area contributed by atoms with Crippen molar-refractivity contribution in [3.63, 3.8) is 0 Å². The summed E-state index contributed by atoms with van der Waals surface area (Å²) in [6.07, 6.45) is 0.873. The van der Waals surface area contributed by atoms with Crippen LogP contribution < -0.4 is 8.92 Å². The summed E-state index contributed by atoms with van der Waals surface area (Å²) in [5, 5.41) is 10.9. The number of fused-ring (bicyclic) bond motifs is 2. The van der Waals surface area contributed by atoms with Gasteiger partial charge in [0.25, 0.3) is 0 Å². The molecule has 1 N–H and O–H groups in total. The summed E-state index contributed by atoms with van der Waals surface area (Å²) in [5.41, 5.74) is -2.46. The van der Waals surface area contributed by atoms with Crippen LogP contribution in [0.5, 0.6) is 17.2 Å². The lowest BCUT2D eigenvalue weighted by molar-refractivity contribution is -0.0500. The van der Waals surface area contributed by atoms with E-state index in [-0.39, 0.29) is 18.2 Å². The van der Waals surface area contributed by atoms with Gasteiger partial charge in [-0.05, 0) is 73.2 Å². The Kier molecular flexibility index (Phi) is 6.45. The van der Waals surface area contributed by atoms with Gasteiger partial charge in [0.15, 0.2) is 11.5 Å². The Balaban J connectivity index is 1.86. The number of phenols is 1. The Hall–Kier alpha value is -2.53. The zero-order chi connectivity index (χ0) is 24.8. The predicted octanol–water partition coefficient (Wildman–Crippen LogP) is 4.89. The van der Waals surface area contributed by atoms with Crippen molar-refractivity contribution >= 4 is 10.1 Å². The molecule has 2 atom stereocenters. The number of ether oxygens (including phenoxy) is 1. The maximum absolute atomic E-state index is 13.4. The Morgan fingerprint density at radius 1 is 1.24 bits per heavy atom. The second-order valence-electron chi connectivity index (χ2n) is 8.57. The first-order chi connectivity index (χ1) is 15.9. The number of alkyl halides is 4. The van der Waals surface area contributed by atoms with Gasteiger partial charge in [0, 0.05) is 18.2 Å². The fourth-order valence-corrected chi connectivity index (χ4v) is 5.17. The van der Waals surface area contributed by atoms with Gasteiger partial charge in [-0.25, -0.2) is 4.39 Å². The molecule has 1 aliphatic heterocycles. The molecule has 0 bridgehead atoms. The zero-order valence-corrected chi connectivity index (χ0v) is 19.5. The molecule has 2 aromatic carbocycles. The number of rotatable bonds is 7. The van der Waals surface area contributed by atoms with E-state index >= 15 is 0 Å². The van der Waals surface area contributed by atoms with Crippen LogP contribution in [0.15, 0.2) is 24.3 Å². The topological polar surface area (TPSA) is 76.1 Å². The van der Waals surface area contributed by atoms with Gasteiger partial charge in [0.2, 0.25) is 0 Å². The second kappa shape index (κ2) is 8.92. The molecule has 11 heteroatoms. The van der Waals surface area contributed by atoms with E-state index in [0.717, 1.165) is 36.7 Å². The highest BCUT2D eigenvalue weighted by atomic mass is 32.2. The van der Waals surface area contributed by atoms with Crippen LogP contribution in [-0.4, -0.2) is 49.8 Å². The first-order valence-corrected chi connectivity index (χ1v) is 12.4. The Bertz CT molecular complexity index is 1200. The maximum Gasteiger partial charge on any atom is 0.534 e. The second-order valence-corrected chi connectivity index (χ2v) is 10.1. The van der Waals surface area contributed by atoms with Crippen molar-refractivity contribution in [2.75, 3.05) is 19.7 Å². The van der Waals surface area contributed by atoms with Gasteiger partial charge >= 0.3 is 15.6 Å². The molecule has 186 valence electrons. The highest BCUT2D eigenvalue weighted by Gasteiger charge is 2.49. The molecule has 6 nitrogen and oxygen atoms in total. The first kappa shape index (κ1) is 24.6. The fourth-order valence-electron chi connectivity index (χ4n) is 4.70. The van der Waals surface area contributed by atoms with Crippen molar-refractivity contribution < 1.29 is 40.0 Å². The van der Waals surface area contributed by atoms with Gasteiger partial charge in [0.1, 0.15) is 18.5 Å². The summed E-state index contributed by atoms with van der Waals surface area (Å²) in [6.45, 7) is 4.87. The minimum Gasteiger partial charge on any atom is -0.504 e. The highest BCUT2D eigenvalue weighted by Crippen LogP contribution is 2.52. The van der Waals surface area contributed by atoms with Gasteiger partial charge in [-0.15, -0.1) is 0 Å².